The Bertz CT molecular complexity index is 456. The van der Waals surface area contributed by atoms with Gasteiger partial charge in [0.1, 0.15) is 6.07 Å². The third-order valence-electron chi connectivity index (χ3n) is 3.27. The molecule has 2 nitrogen and oxygen atoms in total. The van der Waals surface area contributed by atoms with Gasteiger partial charge in [-0.2, -0.15) is 17.0 Å². The molecule has 0 saturated carbocycles. The average Bonchev–Trinajstić information content (AvgIpc) is 2.46. The molecule has 0 aliphatic carbocycles. The summed E-state index contributed by atoms with van der Waals surface area (Å²) in [4.78, 5) is 2.33. The molecule has 0 bridgehead atoms. The number of thioether (sulfide) groups is 1. The van der Waals surface area contributed by atoms with Gasteiger partial charge in [0.25, 0.3) is 0 Å². The van der Waals surface area contributed by atoms with Crippen molar-refractivity contribution in [2.24, 2.45) is 0 Å². The Morgan fingerprint density at radius 3 is 3.06 bits per heavy atom. The fraction of sp³-hybridized carbons (Fsp3) is 0.500. The Hall–Kier alpha value is -0.850. The lowest BCUT2D eigenvalue weighted by atomic mass is 10.1. The predicted octanol–water partition coefficient (Wildman–Crippen LogP) is 3.63. The number of rotatable bonds is 3. The molecule has 96 valence electrons. The van der Waals surface area contributed by atoms with E-state index < -0.39 is 0 Å². The lowest BCUT2D eigenvalue weighted by Gasteiger charge is -2.34. The smallest absolute Gasteiger partial charge is 0.101 e. The molecule has 0 aromatic heterocycles. The van der Waals surface area contributed by atoms with Crippen LogP contribution >= 0.6 is 23.4 Å². The van der Waals surface area contributed by atoms with Crippen LogP contribution in [-0.2, 0) is 5.88 Å². The summed E-state index contributed by atoms with van der Waals surface area (Å²) in [6.45, 7) is 4.29. The summed E-state index contributed by atoms with van der Waals surface area (Å²) in [5.74, 6) is 1.60. The van der Waals surface area contributed by atoms with E-state index >= 15 is 0 Å². The molecule has 1 aliphatic heterocycles. The van der Waals surface area contributed by atoms with Crippen LogP contribution < -0.4 is 4.90 Å². The number of nitrogens with zero attached hydrogens (tertiary/aromatic N) is 2. The van der Waals surface area contributed by atoms with Crippen molar-refractivity contribution in [1.29, 1.82) is 5.26 Å². The lowest BCUT2D eigenvalue weighted by molar-refractivity contribution is 0.727. The Morgan fingerprint density at radius 2 is 2.39 bits per heavy atom. The van der Waals surface area contributed by atoms with Crippen LogP contribution in [-0.4, -0.2) is 24.1 Å². The van der Waals surface area contributed by atoms with Crippen LogP contribution in [0.1, 0.15) is 24.5 Å². The zero-order valence-corrected chi connectivity index (χ0v) is 12.1. The summed E-state index contributed by atoms with van der Waals surface area (Å²) in [5.41, 5.74) is 2.82. The topological polar surface area (TPSA) is 27.0 Å². The minimum atomic E-state index is 0.461. The summed E-state index contributed by atoms with van der Waals surface area (Å²) >= 11 is 7.85. The van der Waals surface area contributed by atoms with Crippen LogP contribution in [0.3, 0.4) is 0 Å². The molecule has 0 radical (unpaired) electrons. The number of hydrogen-bond acceptors (Lipinski definition) is 3. The van der Waals surface area contributed by atoms with Crippen LogP contribution in [0.2, 0.25) is 0 Å². The van der Waals surface area contributed by atoms with E-state index in [1.54, 1.807) is 0 Å². The molecule has 0 spiro atoms. The number of hydrogen-bond donors (Lipinski definition) is 0. The first-order chi connectivity index (χ1) is 8.78. The van der Waals surface area contributed by atoms with Crippen molar-refractivity contribution >= 4 is 29.1 Å². The van der Waals surface area contributed by atoms with E-state index in [0.717, 1.165) is 35.7 Å². The summed E-state index contributed by atoms with van der Waals surface area (Å²) in [5, 5.41) is 9.95. The molecule has 18 heavy (non-hydrogen) atoms. The van der Waals surface area contributed by atoms with Crippen molar-refractivity contribution in [3.8, 4) is 6.07 Å². The highest BCUT2D eigenvalue weighted by atomic mass is 35.5. The van der Waals surface area contributed by atoms with Gasteiger partial charge in [0.15, 0.2) is 0 Å². The molecule has 1 aromatic rings. The highest BCUT2D eigenvalue weighted by Crippen LogP contribution is 2.28. The maximum absolute atomic E-state index is 9.27. The van der Waals surface area contributed by atoms with Crippen molar-refractivity contribution < 1.29 is 0 Å². The van der Waals surface area contributed by atoms with Crippen LogP contribution in [0.5, 0.6) is 0 Å². The van der Waals surface area contributed by atoms with Crippen LogP contribution in [0.25, 0.3) is 0 Å². The van der Waals surface area contributed by atoms with E-state index in [2.05, 4.69) is 17.9 Å². The normalized spacial score (nSPS) is 19.6. The molecule has 1 heterocycles. The van der Waals surface area contributed by atoms with Crippen LogP contribution in [0.15, 0.2) is 18.2 Å². The average molecular weight is 281 g/mol. The van der Waals surface area contributed by atoms with Gasteiger partial charge in [0, 0.05) is 30.0 Å². The van der Waals surface area contributed by atoms with Crippen molar-refractivity contribution in [2.75, 3.05) is 23.7 Å². The molecular weight excluding hydrogens is 264 g/mol. The second-order valence-electron chi connectivity index (χ2n) is 4.44. The van der Waals surface area contributed by atoms with E-state index in [1.165, 1.54) is 6.42 Å². The van der Waals surface area contributed by atoms with Crippen LogP contribution in [0, 0.1) is 11.3 Å². The first kappa shape index (κ1) is 13.6. The monoisotopic (exact) mass is 280 g/mol. The van der Waals surface area contributed by atoms with E-state index in [-0.39, 0.29) is 0 Å². The van der Waals surface area contributed by atoms with E-state index in [0.29, 0.717) is 11.1 Å². The third-order valence-corrected chi connectivity index (χ3v) is 4.95. The standard InChI is InChI=1S/C14H17ClN2S/c1-2-13-10-17(5-6-18-13)14-4-3-11(8-15)7-12(14)9-16/h3-4,7,13H,2,5-6,8,10H2,1H3. The Kier molecular flexibility index (Phi) is 4.79. The van der Waals surface area contributed by atoms with Gasteiger partial charge in [0.05, 0.1) is 11.3 Å². The molecule has 1 aliphatic rings. The molecule has 4 heteroatoms. The third kappa shape index (κ3) is 2.93. The molecule has 1 unspecified atom stereocenters. The van der Waals surface area contributed by atoms with Gasteiger partial charge >= 0.3 is 0 Å². The van der Waals surface area contributed by atoms with Gasteiger partial charge in [-0.05, 0) is 24.1 Å². The van der Waals surface area contributed by atoms with E-state index in [1.807, 2.05) is 30.0 Å². The summed E-state index contributed by atoms with van der Waals surface area (Å²) < 4.78 is 0. The van der Waals surface area contributed by atoms with Crippen molar-refractivity contribution in [3.05, 3.63) is 29.3 Å². The number of benzene rings is 1. The molecule has 1 aromatic carbocycles. The second kappa shape index (κ2) is 6.36. The molecule has 1 saturated heterocycles. The first-order valence-corrected chi connectivity index (χ1v) is 7.82. The zero-order valence-electron chi connectivity index (χ0n) is 10.5. The van der Waals surface area contributed by atoms with Gasteiger partial charge in [-0.1, -0.05) is 13.0 Å². The summed E-state index contributed by atoms with van der Waals surface area (Å²) in [7, 11) is 0. The van der Waals surface area contributed by atoms with Gasteiger partial charge in [-0.15, -0.1) is 11.6 Å². The molecule has 1 atom stereocenters. The summed E-state index contributed by atoms with van der Waals surface area (Å²) in [6.07, 6.45) is 1.18. The Labute approximate surface area is 118 Å². The second-order valence-corrected chi connectivity index (χ2v) is 6.12. The highest BCUT2D eigenvalue weighted by molar-refractivity contribution is 8.00. The maximum Gasteiger partial charge on any atom is 0.101 e. The number of anilines is 1. The van der Waals surface area contributed by atoms with Crippen LogP contribution in [0.4, 0.5) is 5.69 Å². The number of alkyl halides is 1. The summed E-state index contributed by atoms with van der Waals surface area (Å²) in [6, 6.07) is 8.26. The Morgan fingerprint density at radius 1 is 1.56 bits per heavy atom. The fourth-order valence-corrected chi connectivity index (χ4v) is 3.56. The van der Waals surface area contributed by atoms with Crippen molar-refractivity contribution in [1.82, 2.24) is 0 Å². The minimum absolute atomic E-state index is 0.461. The quantitative estimate of drug-likeness (QED) is 0.791. The van der Waals surface area contributed by atoms with Gasteiger partial charge in [0.2, 0.25) is 0 Å². The number of nitriles is 1. The van der Waals surface area contributed by atoms with E-state index in [4.69, 9.17) is 11.6 Å². The molecule has 2 rings (SSSR count). The van der Waals surface area contributed by atoms with Gasteiger partial charge in [-0.25, -0.2) is 0 Å². The molecule has 0 N–H and O–H groups in total. The first-order valence-electron chi connectivity index (χ1n) is 6.24. The highest BCUT2D eigenvalue weighted by Gasteiger charge is 2.21. The van der Waals surface area contributed by atoms with Gasteiger partial charge in [-0.3, -0.25) is 0 Å². The maximum atomic E-state index is 9.27. The fourth-order valence-electron chi connectivity index (χ4n) is 2.22. The zero-order chi connectivity index (χ0) is 13.0. The SMILES string of the molecule is CCC1CN(c2ccc(CCl)cc2C#N)CCS1. The van der Waals surface area contributed by atoms with Crippen molar-refractivity contribution in [3.63, 3.8) is 0 Å². The molecule has 0 amide bonds. The molecular formula is C14H17ClN2S. The Balaban J connectivity index is 2.24. The van der Waals surface area contributed by atoms with Crippen molar-refractivity contribution in [2.45, 2.75) is 24.5 Å². The van der Waals surface area contributed by atoms with Gasteiger partial charge < -0.3 is 4.90 Å². The molecule has 1 fully saturated rings. The number of halogens is 1. The minimum Gasteiger partial charge on any atom is -0.369 e. The van der Waals surface area contributed by atoms with E-state index in [9.17, 15) is 5.26 Å². The predicted molar refractivity (Wildman–Crippen MR) is 79.5 cm³/mol. The largest absolute Gasteiger partial charge is 0.369 e. The lowest BCUT2D eigenvalue weighted by Crippen LogP contribution is -2.38.